The van der Waals surface area contributed by atoms with E-state index in [0.717, 1.165) is 23.6 Å². The number of carbonyl (C=O) groups is 1. The fourth-order valence-corrected chi connectivity index (χ4v) is 2.95. The smallest absolute Gasteiger partial charge is 0.248 e. The maximum Gasteiger partial charge on any atom is 0.248 e. The van der Waals surface area contributed by atoms with Crippen LogP contribution in [0.15, 0.2) is 41.7 Å². The zero-order chi connectivity index (χ0) is 18.5. The van der Waals surface area contributed by atoms with Gasteiger partial charge < -0.3 is 20.7 Å². The second-order valence-corrected chi connectivity index (χ2v) is 6.21. The molecule has 146 valence electrons. The molecule has 0 saturated carbocycles. The number of morpholine rings is 1. The second kappa shape index (κ2) is 9.70. The summed E-state index contributed by atoms with van der Waals surface area (Å²) in [7, 11) is 3.67. The van der Waals surface area contributed by atoms with Crippen LogP contribution in [-0.4, -0.2) is 53.3 Å². The average molecular weight is 484 g/mol. The molecule has 3 N–H and O–H groups in total. The van der Waals surface area contributed by atoms with Crippen molar-refractivity contribution in [3.05, 3.63) is 53.3 Å². The maximum atomic E-state index is 11.1. The molecule has 9 heteroatoms. The van der Waals surface area contributed by atoms with E-state index in [2.05, 4.69) is 20.3 Å². The lowest BCUT2D eigenvalue weighted by atomic mass is 10.1. The third-order valence-corrected chi connectivity index (χ3v) is 4.36. The van der Waals surface area contributed by atoms with Gasteiger partial charge in [0, 0.05) is 44.5 Å². The van der Waals surface area contributed by atoms with Crippen LogP contribution in [0, 0.1) is 0 Å². The van der Waals surface area contributed by atoms with Crippen molar-refractivity contribution in [3.8, 4) is 0 Å². The minimum atomic E-state index is -0.421. The number of nitrogens with zero attached hydrogens (tertiary/aromatic N) is 4. The minimum absolute atomic E-state index is 0. The number of hydrogen-bond acceptors (Lipinski definition) is 4. The van der Waals surface area contributed by atoms with Crippen molar-refractivity contribution in [3.63, 3.8) is 0 Å². The summed E-state index contributed by atoms with van der Waals surface area (Å²) < 4.78 is 7.66. The van der Waals surface area contributed by atoms with E-state index in [1.54, 1.807) is 23.9 Å². The number of hydrogen-bond donors (Lipinski definition) is 2. The average Bonchev–Trinajstić information content (AvgIpc) is 3.09. The fraction of sp³-hybridized carbons (Fsp3) is 0.389. The summed E-state index contributed by atoms with van der Waals surface area (Å²) in [5, 5.41) is 7.58. The lowest BCUT2D eigenvalue weighted by Crippen LogP contribution is -2.47. The number of halogens is 1. The van der Waals surface area contributed by atoms with Crippen LogP contribution in [-0.2, 0) is 18.3 Å². The summed E-state index contributed by atoms with van der Waals surface area (Å²) in [4.78, 5) is 17.7. The Kier molecular flexibility index (Phi) is 7.60. The van der Waals surface area contributed by atoms with Gasteiger partial charge in [0.15, 0.2) is 5.96 Å². The molecule has 3 rings (SSSR count). The van der Waals surface area contributed by atoms with Crippen molar-refractivity contribution in [1.82, 2.24) is 20.0 Å². The number of guanidine groups is 1. The van der Waals surface area contributed by atoms with E-state index in [4.69, 9.17) is 10.5 Å². The summed E-state index contributed by atoms with van der Waals surface area (Å²) in [6.45, 7) is 2.73. The van der Waals surface area contributed by atoms with Gasteiger partial charge in [0.05, 0.1) is 19.3 Å². The van der Waals surface area contributed by atoms with Crippen LogP contribution >= 0.6 is 24.0 Å². The zero-order valence-electron chi connectivity index (χ0n) is 15.5. The Labute approximate surface area is 175 Å². The molecule has 0 radical (unpaired) electrons. The molecule has 1 amide bonds. The highest BCUT2D eigenvalue weighted by atomic mass is 127. The van der Waals surface area contributed by atoms with Crippen LogP contribution < -0.4 is 11.1 Å². The monoisotopic (exact) mass is 484 g/mol. The van der Waals surface area contributed by atoms with Crippen LogP contribution in [0.2, 0.25) is 0 Å². The molecule has 1 aliphatic heterocycles. The van der Waals surface area contributed by atoms with Crippen molar-refractivity contribution in [1.29, 1.82) is 0 Å². The first kappa shape index (κ1) is 21.2. The Hall–Kier alpha value is -2.14. The molecule has 1 unspecified atom stereocenters. The number of nitrogens with one attached hydrogen (secondary N) is 1. The van der Waals surface area contributed by atoms with E-state index in [9.17, 15) is 4.79 Å². The SMILES string of the molecule is CN=C(NCc1ccc(C(N)=O)cc1)N1CCOC(c2cnn(C)c2)C1.I. The van der Waals surface area contributed by atoms with E-state index >= 15 is 0 Å². The van der Waals surface area contributed by atoms with Gasteiger partial charge >= 0.3 is 0 Å². The number of aryl methyl sites for hydroxylation is 1. The summed E-state index contributed by atoms with van der Waals surface area (Å²) in [6, 6.07) is 7.24. The first-order valence-corrected chi connectivity index (χ1v) is 8.51. The van der Waals surface area contributed by atoms with Gasteiger partial charge in [0.25, 0.3) is 0 Å². The Morgan fingerprint density at radius 3 is 2.74 bits per heavy atom. The van der Waals surface area contributed by atoms with E-state index in [-0.39, 0.29) is 30.1 Å². The van der Waals surface area contributed by atoms with Gasteiger partial charge in [0.2, 0.25) is 5.91 Å². The number of rotatable bonds is 4. The van der Waals surface area contributed by atoms with Gasteiger partial charge in [-0.05, 0) is 17.7 Å². The quantitative estimate of drug-likeness (QED) is 0.387. The predicted octanol–water partition coefficient (Wildman–Crippen LogP) is 1.29. The molecule has 1 aliphatic rings. The van der Waals surface area contributed by atoms with E-state index < -0.39 is 5.91 Å². The van der Waals surface area contributed by atoms with Gasteiger partial charge in [-0.25, -0.2) is 0 Å². The minimum Gasteiger partial charge on any atom is -0.370 e. The second-order valence-electron chi connectivity index (χ2n) is 6.21. The van der Waals surface area contributed by atoms with Crippen molar-refractivity contribution in [2.45, 2.75) is 12.6 Å². The fourth-order valence-electron chi connectivity index (χ4n) is 2.95. The van der Waals surface area contributed by atoms with Crippen molar-refractivity contribution < 1.29 is 9.53 Å². The summed E-state index contributed by atoms with van der Waals surface area (Å²) in [5.41, 5.74) is 7.89. The highest BCUT2D eigenvalue weighted by molar-refractivity contribution is 14.0. The molecular weight excluding hydrogens is 459 g/mol. The van der Waals surface area contributed by atoms with Crippen LogP contribution in [0.3, 0.4) is 0 Å². The molecule has 1 atom stereocenters. The molecule has 1 aromatic heterocycles. The molecule has 1 aromatic carbocycles. The number of amides is 1. The molecule has 0 spiro atoms. The first-order valence-electron chi connectivity index (χ1n) is 8.51. The van der Waals surface area contributed by atoms with Crippen molar-refractivity contribution >= 4 is 35.8 Å². The first-order chi connectivity index (χ1) is 12.6. The summed E-state index contributed by atoms with van der Waals surface area (Å²) >= 11 is 0. The third-order valence-electron chi connectivity index (χ3n) is 4.36. The van der Waals surface area contributed by atoms with Gasteiger partial charge in [0.1, 0.15) is 6.10 Å². The number of aromatic nitrogens is 2. The largest absolute Gasteiger partial charge is 0.370 e. The van der Waals surface area contributed by atoms with Crippen LogP contribution in [0.5, 0.6) is 0 Å². The van der Waals surface area contributed by atoms with Crippen LogP contribution in [0.1, 0.15) is 27.6 Å². The standard InChI is InChI=1S/C18H24N6O2.HI/c1-20-18(21-9-13-3-5-14(6-4-13)17(19)25)24-7-8-26-16(12-24)15-10-22-23(2)11-15;/h3-6,10-11,16H,7-9,12H2,1-2H3,(H2,19,25)(H,20,21);1H. The molecule has 2 aromatic rings. The highest BCUT2D eigenvalue weighted by Crippen LogP contribution is 2.21. The Morgan fingerprint density at radius 2 is 2.15 bits per heavy atom. The third kappa shape index (κ3) is 5.42. The van der Waals surface area contributed by atoms with Crippen LogP contribution in [0.4, 0.5) is 0 Å². The lowest BCUT2D eigenvalue weighted by molar-refractivity contribution is -0.00805. The molecule has 2 heterocycles. The number of aliphatic imine (C=N–C) groups is 1. The molecular formula is C18H25IN6O2. The topological polar surface area (TPSA) is 97.8 Å². The van der Waals surface area contributed by atoms with Gasteiger partial charge in [-0.3, -0.25) is 14.5 Å². The van der Waals surface area contributed by atoms with E-state index in [1.807, 2.05) is 31.6 Å². The predicted molar refractivity (Wildman–Crippen MR) is 114 cm³/mol. The number of carbonyl (C=O) groups excluding carboxylic acids is 1. The number of ether oxygens (including phenoxy) is 1. The van der Waals surface area contributed by atoms with Crippen molar-refractivity contribution in [2.24, 2.45) is 17.8 Å². The molecule has 27 heavy (non-hydrogen) atoms. The highest BCUT2D eigenvalue weighted by Gasteiger charge is 2.25. The van der Waals surface area contributed by atoms with Gasteiger partial charge in [-0.2, -0.15) is 5.10 Å². The number of nitrogens with two attached hydrogens (primary N) is 1. The van der Waals surface area contributed by atoms with Gasteiger partial charge in [-0.1, -0.05) is 12.1 Å². The zero-order valence-corrected chi connectivity index (χ0v) is 17.8. The van der Waals surface area contributed by atoms with E-state index in [1.165, 1.54) is 0 Å². The maximum absolute atomic E-state index is 11.1. The Balaban J connectivity index is 0.00000261. The van der Waals surface area contributed by atoms with Crippen LogP contribution in [0.25, 0.3) is 0 Å². The van der Waals surface area contributed by atoms with Crippen molar-refractivity contribution in [2.75, 3.05) is 26.7 Å². The molecule has 0 aliphatic carbocycles. The number of benzene rings is 1. The lowest BCUT2D eigenvalue weighted by Gasteiger charge is -2.34. The molecule has 8 nitrogen and oxygen atoms in total. The summed E-state index contributed by atoms with van der Waals surface area (Å²) in [5.74, 6) is 0.399. The Morgan fingerprint density at radius 1 is 1.41 bits per heavy atom. The molecule has 1 fully saturated rings. The molecule has 0 bridgehead atoms. The molecule has 1 saturated heterocycles. The Bertz CT molecular complexity index is 789. The summed E-state index contributed by atoms with van der Waals surface area (Å²) in [6.07, 6.45) is 3.79. The van der Waals surface area contributed by atoms with Gasteiger partial charge in [-0.15, -0.1) is 24.0 Å². The number of primary amides is 1. The normalized spacial score (nSPS) is 17.3. The van der Waals surface area contributed by atoms with E-state index in [0.29, 0.717) is 25.3 Å².